The molecule has 0 heterocycles. The molecule has 0 radical (unpaired) electrons. The van der Waals surface area contributed by atoms with Gasteiger partial charge in [-0.3, -0.25) is 5.32 Å². The molecule has 0 aliphatic carbocycles. The molecule has 0 aromatic carbocycles. The third kappa shape index (κ3) is 18.6. The highest BCUT2D eigenvalue weighted by Gasteiger charge is 2.04. The molecular weight excluding hydrogens is 373 g/mol. The topological polar surface area (TPSA) is 32.3 Å². The first kappa shape index (κ1) is 21.6. The lowest BCUT2D eigenvalue weighted by Gasteiger charge is -2.14. The molecule has 0 fully saturated rings. The highest BCUT2D eigenvalue weighted by Crippen LogP contribution is 2.13. The second kappa shape index (κ2) is 17.0. The molecule has 0 aromatic heterocycles. The highest BCUT2D eigenvalue weighted by molar-refractivity contribution is 14.1. The van der Waals surface area contributed by atoms with Gasteiger partial charge in [-0.25, -0.2) is 0 Å². The second-order valence-corrected chi connectivity index (χ2v) is 8.20. The van der Waals surface area contributed by atoms with Crippen molar-refractivity contribution in [3.63, 3.8) is 0 Å². The fraction of sp³-hybridized carbons (Fsp3) is 1.00. The first-order valence-electron chi connectivity index (χ1n) is 9.25. The van der Waals surface area contributed by atoms with E-state index in [-0.39, 0.29) is 6.23 Å². The van der Waals surface area contributed by atoms with Gasteiger partial charge < -0.3 is 5.11 Å². The number of alkyl halides is 1. The molecule has 2 atom stereocenters. The summed E-state index contributed by atoms with van der Waals surface area (Å²) >= 11 is 2.29. The zero-order valence-corrected chi connectivity index (χ0v) is 16.5. The zero-order chi connectivity index (χ0) is 15.8. The van der Waals surface area contributed by atoms with Crippen molar-refractivity contribution in [2.24, 2.45) is 0 Å². The summed E-state index contributed by atoms with van der Waals surface area (Å²) in [7, 11) is 0. The smallest absolute Gasteiger partial charge is 0.105 e. The van der Waals surface area contributed by atoms with Gasteiger partial charge in [-0.1, -0.05) is 107 Å². The Morgan fingerprint density at radius 1 is 0.762 bits per heavy atom. The van der Waals surface area contributed by atoms with E-state index in [2.05, 4.69) is 41.8 Å². The second-order valence-electron chi connectivity index (χ2n) is 6.33. The van der Waals surface area contributed by atoms with E-state index >= 15 is 0 Å². The van der Waals surface area contributed by atoms with Crippen LogP contribution in [-0.4, -0.2) is 15.4 Å². The van der Waals surface area contributed by atoms with E-state index in [0.29, 0.717) is 4.05 Å². The average molecular weight is 411 g/mol. The minimum Gasteiger partial charge on any atom is -0.379 e. The Bertz CT molecular complexity index is 200. The first-order chi connectivity index (χ1) is 10.2. The normalized spacial score (nSPS) is 14.3. The molecular formula is C18H38INO. The van der Waals surface area contributed by atoms with Crippen LogP contribution in [0.5, 0.6) is 0 Å². The molecule has 0 aliphatic rings. The van der Waals surface area contributed by atoms with E-state index in [9.17, 15) is 5.11 Å². The number of halogens is 1. The molecule has 0 bridgehead atoms. The summed E-state index contributed by atoms with van der Waals surface area (Å²) in [5.41, 5.74) is 0. The summed E-state index contributed by atoms with van der Waals surface area (Å²) < 4.78 is 0.347. The maximum atomic E-state index is 9.68. The van der Waals surface area contributed by atoms with Crippen LogP contribution in [0.1, 0.15) is 104 Å². The van der Waals surface area contributed by atoms with Gasteiger partial charge in [-0.2, -0.15) is 0 Å². The molecule has 3 heteroatoms. The Hall–Kier alpha value is 0.650. The number of aliphatic hydroxyl groups is 1. The zero-order valence-electron chi connectivity index (χ0n) is 14.4. The molecule has 0 amide bonds. The van der Waals surface area contributed by atoms with Crippen LogP contribution in [0.4, 0.5) is 0 Å². The van der Waals surface area contributed by atoms with Crippen molar-refractivity contribution in [1.82, 2.24) is 5.32 Å². The fourth-order valence-corrected chi connectivity index (χ4v) is 3.12. The van der Waals surface area contributed by atoms with Gasteiger partial charge in [0.2, 0.25) is 0 Å². The summed E-state index contributed by atoms with van der Waals surface area (Å²) in [4.78, 5) is 0. The van der Waals surface area contributed by atoms with Crippen LogP contribution in [0, 0.1) is 0 Å². The third-order valence-electron chi connectivity index (χ3n) is 4.00. The van der Waals surface area contributed by atoms with E-state index in [0.717, 1.165) is 12.8 Å². The first-order valence-corrected chi connectivity index (χ1v) is 10.5. The van der Waals surface area contributed by atoms with Crippen LogP contribution in [0.25, 0.3) is 0 Å². The van der Waals surface area contributed by atoms with Crippen molar-refractivity contribution in [3.05, 3.63) is 0 Å². The molecule has 21 heavy (non-hydrogen) atoms. The maximum Gasteiger partial charge on any atom is 0.105 e. The van der Waals surface area contributed by atoms with Crippen molar-refractivity contribution < 1.29 is 5.11 Å². The van der Waals surface area contributed by atoms with Crippen molar-refractivity contribution in [3.8, 4) is 0 Å². The summed E-state index contributed by atoms with van der Waals surface area (Å²) in [6.07, 6.45) is 18.5. The summed E-state index contributed by atoms with van der Waals surface area (Å²) in [5.74, 6) is 0. The van der Waals surface area contributed by atoms with Crippen molar-refractivity contribution in [1.29, 1.82) is 0 Å². The van der Waals surface area contributed by atoms with Gasteiger partial charge >= 0.3 is 0 Å². The Labute approximate surface area is 147 Å². The summed E-state index contributed by atoms with van der Waals surface area (Å²) in [6.45, 7) is 4.34. The highest BCUT2D eigenvalue weighted by atomic mass is 127. The Morgan fingerprint density at radius 2 is 1.14 bits per heavy atom. The Balaban J connectivity index is 3.05. The molecule has 2 nitrogen and oxygen atoms in total. The van der Waals surface area contributed by atoms with Crippen molar-refractivity contribution in [2.75, 3.05) is 0 Å². The number of aliphatic hydroxyl groups excluding tert-OH is 1. The summed E-state index contributed by atoms with van der Waals surface area (Å²) in [6, 6.07) is 0. The van der Waals surface area contributed by atoms with Gasteiger partial charge in [-0.05, 0) is 19.8 Å². The van der Waals surface area contributed by atoms with E-state index < -0.39 is 0 Å². The predicted octanol–water partition coefficient (Wildman–Crippen LogP) is 6.16. The number of nitrogens with one attached hydrogen (secondary N) is 1. The van der Waals surface area contributed by atoms with E-state index in [1.54, 1.807) is 0 Å². The molecule has 0 saturated heterocycles. The van der Waals surface area contributed by atoms with Gasteiger partial charge in [0.25, 0.3) is 0 Å². The Kier molecular flexibility index (Phi) is 17.5. The summed E-state index contributed by atoms with van der Waals surface area (Å²) in [5, 5.41) is 12.8. The molecule has 0 spiro atoms. The van der Waals surface area contributed by atoms with Crippen LogP contribution in [-0.2, 0) is 0 Å². The molecule has 128 valence electrons. The van der Waals surface area contributed by atoms with Crippen molar-refractivity contribution >= 4 is 22.6 Å². The minimum atomic E-state index is -0.315. The Morgan fingerprint density at radius 3 is 1.52 bits per heavy atom. The lowest BCUT2D eigenvalue weighted by atomic mass is 10.0. The lowest BCUT2D eigenvalue weighted by Crippen LogP contribution is -2.32. The molecule has 0 saturated carbocycles. The third-order valence-corrected chi connectivity index (χ3v) is 4.36. The van der Waals surface area contributed by atoms with Crippen LogP contribution >= 0.6 is 22.6 Å². The number of unbranched alkanes of at least 4 members (excludes halogenated alkanes) is 12. The predicted molar refractivity (Wildman–Crippen MR) is 103 cm³/mol. The van der Waals surface area contributed by atoms with Gasteiger partial charge in [-0.15, -0.1) is 0 Å². The standard InChI is InChI=1S/C18H38INO/c1-3-4-5-6-7-8-9-10-11-12-13-14-15-16-18(21)20-17(2)19/h17-18,20-21H,3-16H2,1-2H3/t17-,18?/m1/s1. The molecule has 1 unspecified atom stereocenters. The monoisotopic (exact) mass is 411 g/mol. The number of rotatable bonds is 16. The van der Waals surface area contributed by atoms with Crippen LogP contribution in [0.15, 0.2) is 0 Å². The SMILES string of the molecule is CCCCCCCCCCCCCCCC(O)N[C@H](C)I. The van der Waals surface area contributed by atoms with Crippen LogP contribution in [0.3, 0.4) is 0 Å². The maximum absolute atomic E-state index is 9.68. The quantitative estimate of drug-likeness (QED) is 0.105. The van der Waals surface area contributed by atoms with Gasteiger partial charge in [0.1, 0.15) is 6.23 Å². The van der Waals surface area contributed by atoms with E-state index in [1.165, 1.54) is 77.0 Å². The van der Waals surface area contributed by atoms with Crippen LogP contribution in [0.2, 0.25) is 0 Å². The van der Waals surface area contributed by atoms with Crippen molar-refractivity contribution in [2.45, 2.75) is 114 Å². The lowest BCUT2D eigenvalue weighted by molar-refractivity contribution is 0.124. The molecule has 0 aromatic rings. The van der Waals surface area contributed by atoms with Gasteiger partial charge in [0, 0.05) is 0 Å². The largest absolute Gasteiger partial charge is 0.379 e. The van der Waals surface area contributed by atoms with Gasteiger partial charge in [0.05, 0.1) is 4.05 Å². The van der Waals surface area contributed by atoms with Crippen LogP contribution < -0.4 is 5.32 Å². The number of hydrogen-bond donors (Lipinski definition) is 2. The number of hydrogen-bond acceptors (Lipinski definition) is 2. The average Bonchev–Trinajstić information content (AvgIpc) is 2.43. The van der Waals surface area contributed by atoms with Gasteiger partial charge in [0.15, 0.2) is 0 Å². The molecule has 0 rings (SSSR count). The molecule has 0 aliphatic heterocycles. The van der Waals surface area contributed by atoms with E-state index in [4.69, 9.17) is 0 Å². The fourth-order valence-electron chi connectivity index (χ4n) is 2.70. The molecule has 2 N–H and O–H groups in total. The van der Waals surface area contributed by atoms with E-state index in [1.807, 2.05) is 0 Å². The minimum absolute atomic E-state index is 0.315.